The zero-order valence-electron chi connectivity index (χ0n) is 19.4. The van der Waals surface area contributed by atoms with Crippen LogP contribution < -0.4 is 4.74 Å². The normalized spacial score (nSPS) is 25.2. The van der Waals surface area contributed by atoms with Gasteiger partial charge in [0.1, 0.15) is 0 Å². The Morgan fingerprint density at radius 2 is 1.94 bits per heavy atom. The third-order valence-corrected chi connectivity index (χ3v) is 7.17. The fraction of sp³-hybridized carbons (Fsp3) is 0.750. The molecule has 31 heavy (non-hydrogen) atoms. The van der Waals surface area contributed by atoms with E-state index in [1.54, 1.807) is 25.4 Å². The number of methoxy groups -OCH3 is 1. The number of carbonyl (C=O) groups is 1. The molecular formula is C24H38N4O3. The van der Waals surface area contributed by atoms with Crippen molar-refractivity contribution in [1.82, 2.24) is 19.7 Å². The third kappa shape index (κ3) is 5.38. The molecule has 3 aliphatic rings. The van der Waals surface area contributed by atoms with Crippen molar-refractivity contribution in [2.45, 2.75) is 51.2 Å². The molecule has 1 aromatic rings. The topological polar surface area (TPSA) is 58.1 Å². The summed E-state index contributed by atoms with van der Waals surface area (Å²) < 4.78 is 11.5. The van der Waals surface area contributed by atoms with Gasteiger partial charge in [0.15, 0.2) is 0 Å². The number of aromatic nitrogens is 1. The molecule has 0 unspecified atom stereocenters. The number of piperidine rings is 1. The van der Waals surface area contributed by atoms with Crippen molar-refractivity contribution < 1.29 is 14.3 Å². The fourth-order valence-electron chi connectivity index (χ4n) is 5.42. The van der Waals surface area contributed by atoms with Gasteiger partial charge in [-0.05, 0) is 37.7 Å². The molecule has 0 saturated carbocycles. The molecule has 4 rings (SSSR count). The second-order valence-electron chi connectivity index (χ2n) is 9.79. The minimum atomic E-state index is -0.0626. The fourth-order valence-corrected chi connectivity index (χ4v) is 5.42. The number of pyridine rings is 1. The van der Waals surface area contributed by atoms with Gasteiger partial charge >= 0.3 is 0 Å². The van der Waals surface area contributed by atoms with E-state index in [-0.39, 0.29) is 11.5 Å². The number of hydrogen-bond acceptors (Lipinski definition) is 6. The molecule has 172 valence electrons. The van der Waals surface area contributed by atoms with Gasteiger partial charge in [0.25, 0.3) is 5.91 Å². The van der Waals surface area contributed by atoms with E-state index in [9.17, 15) is 4.79 Å². The van der Waals surface area contributed by atoms with Gasteiger partial charge in [0.2, 0.25) is 5.88 Å². The summed E-state index contributed by atoms with van der Waals surface area (Å²) in [7, 11) is 1.58. The van der Waals surface area contributed by atoms with Gasteiger partial charge in [-0.2, -0.15) is 0 Å². The lowest BCUT2D eigenvalue weighted by molar-refractivity contribution is -0.132. The Labute approximate surface area is 186 Å². The predicted octanol–water partition coefficient (Wildman–Crippen LogP) is 2.52. The second-order valence-corrected chi connectivity index (χ2v) is 9.79. The molecule has 3 saturated heterocycles. The zero-order chi connectivity index (χ0) is 21.8. The summed E-state index contributed by atoms with van der Waals surface area (Å²) in [6.07, 6.45) is 5.69. The van der Waals surface area contributed by atoms with E-state index in [0.717, 1.165) is 51.3 Å². The highest BCUT2D eigenvalue weighted by Crippen LogP contribution is 2.37. The highest BCUT2D eigenvalue weighted by Gasteiger charge is 2.43. The van der Waals surface area contributed by atoms with Crippen molar-refractivity contribution in [2.24, 2.45) is 5.92 Å². The number of nitrogens with zero attached hydrogens (tertiary/aromatic N) is 4. The average molecular weight is 431 g/mol. The van der Waals surface area contributed by atoms with Gasteiger partial charge in [-0.15, -0.1) is 0 Å². The second kappa shape index (κ2) is 9.84. The molecule has 1 aromatic heterocycles. The molecule has 7 nitrogen and oxygen atoms in total. The van der Waals surface area contributed by atoms with Crippen LogP contribution in [0.3, 0.4) is 0 Å². The molecule has 3 aliphatic heterocycles. The summed E-state index contributed by atoms with van der Waals surface area (Å²) in [4.78, 5) is 24.3. The third-order valence-electron chi connectivity index (χ3n) is 7.17. The minimum Gasteiger partial charge on any atom is -0.481 e. The van der Waals surface area contributed by atoms with E-state index >= 15 is 0 Å². The van der Waals surface area contributed by atoms with Gasteiger partial charge in [0.05, 0.1) is 18.3 Å². The van der Waals surface area contributed by atoms with Crippen molar-refractivity contribution in [1.29, 1.82) is 0 Å². The molecule has 7 heteroatoms. The summed E-state index contributed by atoms with van der Waals surface area (Å²) in [6, 6.07) is 4.15. The molecule has 1 amide bonds. The van der Waals surface area contributed by atoms with Crippen LogP contribution in [0.25, 0.3) is 0 Å². The summed E-state index contributed by atoms with van der Waals surface area (Å²) in [5, 5.41) is 0. The maximum atomic E-state index is 12.9. The Bertz CT molecular complexity index is 723. The molecule has 0 aromatic carbocycles. The molecule has 0 N–H and O–H groups in total. The maximum absolute atomic E-state index is 12.9. The number of ether oxygens (including phenoxy) is 2. The summed E-state index contributed by atoms with van der Waals surface area (Å²) in [6.45, 7) is 12.9. The van der Waals surface area contributed by atoms with Crippen molar-refractivity contribution in [2.75, 3.05) is 59.5 Å². The van der Waals surface area contributed by atoms with Crippen LogP contribution in [0, 0.1) is 5.92 Å². The Balaban J connectivity index is 1.29. The molecule has 4 heterocycles. The van der Waals surface area contributed by atoms with Crippen LogP contribution in [-0.4, -0.2) is 96.8 Å². The number of rotatable bonds is 5. The Morgan fingerprint density at radius 3 is 2.55 bits per heavy atom. The van der Waals surface area contributed by atoms with Crippen molar-refractivity contribution in [3.63, 3.8) is 0 Å². The van der Waals surface area contributed by atoms with Gasteiger partial charge < -0.3 is 19.3 Å². The standard InChI is InChI=1S/C24H38N4O3/c1-19(2)18-26-11-13-27(14-12-26)21-6-15-31-24(16-21)7-9-28(10-8-24)23(29)20-4-5-22(30-3)25-17-20/h4-5,17,19,21H,6-16,18H2,1-3H3/t21-/m0/s1. The first-order valence-corrected chi connectivity index (χ1v) is 11.9. The summed E-state index contributed by atoms with van der Waals surface area (Å²) >= 11 is 0. The number of likely N-dealkylation sites (tertiary alicyclic amines) is 1. The van der Waals surface area contributed by atoms with E-state index in [1.807, 2.05) is 4.90 Å². The smallest absolute Gasteiger partial charge is 0.255 e. The molecule has 0 radical (unpaired) electrons. The summed E-state index contributed by atoms with van der Waals surface area (Å²) in [5.74, 6) is 1.32. The van der Waals surface area contributed by atoms with E-state index in [1.165, 1.54) is 32.7 Å². The van der Waals surface area contributed by atoms with Crippen molar-refractivity contribution >= 4 is 5.91 Å². The van der Waals surface area contributed by atoms with Crippen LogP contribution in [0.15, 0.2) is 18.3 Å². The van der Waals surface area contributed by atoms with E-state index in [2.05, 4.69) is 28.6 Å². The molecule has 1 spiro atoms. The maximum Gasteiger partial charge on any atom is 0.255 e. The van der Waals surface area contributed by atoms with Crippen LogP contribution >= 0.6 is 0 Å². The minimum absolute atomic E-state index is 0.0543. The molecule has 0 aliphatic carbocycles. The van der Waals surface area contributed by atoms with Gasteiger partial charge in [-0.3, -0.25) is 9.69 Å². The first-order chi connectivity index (χ1) is 15.0. The van der Waals surface area contributed by atoms with Crippen LogP contribution in [0.5, 0.6) is 5.88 Å². The monoisotopic (exact) mass is 430 g/mol. The van der Waals surface area contributed by atoms with Crippen LogP contribution in [0.1, 0.15) is 49.9 Å². The Morgan fingerprint density at radius 1 is 1.19 bits per heavy atom. The Kier molecular flexibility index (Phi) is 7.14. The highest BCUT2D eigenvalue weighted by atomic mass is 16.5. The van der Waals surface area contributed by atoms with Gasteiger partial charge in [-0.25, -0.2) is 4.98 Å². The van der Waals surface area contributed by atoms with E-state index in [0.29, 0.717) is 17.5 Å². The lowest BCUT2D eigenvalue weighted by atomic mass is 9.81. The number of hydrogen-bond donors (Lipinski definition) is 0. The first kappa shape index (κ1) is 22.5. The molecule has 3 fully saturated rings. The van der Waals surface area contributed by atoms with E-state index in [4.69, 9.17) is 9.47 Å². The molecular weight excluding hydrogens is 392 g/mol. The van der Waals surface area contributed by atoms with Crippen LogP contribution in [-0.2, 0) is 4.74 Å². The molecule has 1 atom stereocenters. The zero-order valence-corrected chi connectivity index (χ0v) is 19.4. The Hall–Kier alpha value is -1.70. The number of amides is 1. The number of piperazine rings is 1. The van der Waals surface area contributed by atoms with Crippen molar-refractivity contribution in [3.8, 4) is 5.88 Å². The van der Waals surface area contributed by atoms with Crippen LogP contribution in [0.2, 0.25) is 0 Å². The highest BCUT2D eigenvalue weighted by molar-refractivity contribution is 5.94. The largest absolute Gasteiger partial charge is 0.481 e. The van der Waals surface area contributed by atoms with Crippen molar-refractivity contribution in [3.05, 3.63) is 23.9 Å². The molecule has 0 bridgehead atoms. The van der Waals surface area contributed by atoms with E-state index < -0.39 is 0 Å². The van der Waals surface area contributed by atoms with Crippen LogP contribution in [0.4, 0.5) is 0 Å². The summed E-state index contributed by atoms with van der Waals surface area (Å²) in [5.41, 5.74) is 0.561. The first-order valence-electron chi connectivity index (χ1n) is 11.9. The number of carbonyl (C=O) groups excluding carboxylic acids is 1. The van der Waals surface area contributed by atoms with Gasteiger partial charge in [-0.1, -0.05) is 13.8 Å². The SMILES string of the molecule is COc1ccc(C(=O)N2CCC3(CC2)C[C@@H](N2CCN(CC(C)C)CC2)CCO3)cn1. The lowest BCUT2D eigenvalue weighted by Crippen LogP contribution is -2.57. The lowest BCUT2D eigenvalue weighted by Gasteiger charge is -2.49. The quantitative estimate of drug-likeness (QED) is 0.716. The predicted molar refractivity (Wildman–Crippen MR) is 120 cm³/mol. The van der Waals surface area contributed by atoms with Gasteiger partial charge in [0, 0.05) is 70.7 Å². The average Bonchev–Trinajstić information content (AvgIpc) is 2.79.